The van der Waals surface area contributed by atoms with E-state index < -0.39 is 20.2 Å². The minimum Gasteiger partial charge on any atom is -0.744 e. The Morgan fingerprint density at radius 2 is 0.658 bits per heavy atom. The molecular weight excluding hydrogens is 977 g/mol. The SMILES string of the molecule is CCCCCCCCCCCCCCCCC1Nc2cccc(S(=O)(=O)[O-])c2N1Cc1ccccc1.CCCCCCCCCCCCCCCCC1Nc2cccc(S(=O)(=O)[O-])c2N1Cc1ccccc1.[Ca+2]. The van der Waals surface area contributed by atoms with Gasteiger partial charge in [0.05, 0.1) is 44.9 Å². The first-order valence-electron chi connectivity index (χ1n) is 28.3. The number of nitrogens with one attached hydrogen (secondary N) is 2. The van der Waals surface area contributed by atoms with Crippen molar-refractivity contribution in [3.05, 3.63) is 108 Å². The minimum atomic E-state index is -4.56. The van der Waals surface area contributed by atoms with Crippen molar-refractivity contribution in [2.75, 3.05) is 20.4 Å². The summed E-state index contributed by atoms with van der Waals surface area (Å²) in [7, 11) is -9.12. The normalized spacial score (nSPS) is 15.0. The van der Waals surface area contributed by atoms with Gasteiger partial charge in [-0.15, -0.1) is 0 Å². The molecule has 2 aliphatic heterocycles. The molecule has 2 unspecified atom stereocenters. The number of benzene rings is 4. The van der Waals surface area contributed by atoms with Crippen LogP contribution in [0.4, 0.5) is 22.7 Å². The van der Waals surface area contributed by atoms with Gasteiger partial charge in [0.1, 0.15) is 20.2 Å². The quantitative estimate of drug-likeness (QED) is 0.0256. The summed E-state index contributed by atoms with van der Waals surface area (Å²) in [5.74, 6) is 0. The molecule has 400 valence electrons. The molecule has 0 amide bonds. The molecule has 0 aromatic heterocycles. The maximum atomic E-state index is 12.0. The molecule has 0 bridgehead atoms. The molecule has 10 nitrogen and oxygen atoms in total. The van der Waals surface area contributed by atoms with Crippen molar-refractivity contribution in [1.82, 2.24) is 0 Å². The predicted octanol–water partition coefficient (Wildman–Crippen LogP) is 16.1. The fourth-order valence-electron chi connectivity index (χ4n) is 10.6. The summed E-state index contributed by atoms with van der Waals surface area (Å²) in [6.07, 6.45) is 38.9. The molecule has 6 rings (SSSR count). The summed E-state index contributed by atoms with van der Waals surface area (Å²) < 4.78 is 71.9. The van der Waals surface area contributed by atoms with E-state index in [9.17, 15) is 25.9 Å². The molecule has 4 aromatic carbocycles. The van der Waals surface area contributed by atoms with Crippen molar-refractivity contribution in [3.63, 3.8) is 0 Å². The van der Waals surface area contributed by atoms with E-state index in [0.29, 0.717) is 24.5 Å². The molecule has 13 heteroatoms. The first-order chi connectivity index (χ1) is 35.0. The number of anilines is 4. The van der Waals surface area contributed by atoms with Gasteiger partial charge in [-0.25, -0.2) is 16.8 Å². The third kappa shape index (κ3) is 22.7. The van der Waals surface area contributed by atoms with Crippen LogP contribution >= 0.6 is 0 Å². The monoisotopic (exact) mass is 1070 g/mol. The van der Waals surface area contributed by atoms with Crippen molar-refractivity contribution in [2.24, 2.45) is 0 Å². The van der Waals surface area contributed by atoms with Gasteiger partial charge in [0.15, 0.2) is 0 Å². The maximum absolute atomic E-state index is 12.0. The number of fused-ring (bicyclic) bond motifs is 2. The summed E-state index contributed by atoms with van der Waals surface area (Å²) in [5.41, 5.74) is 4.70. The fraction of sp³-hybridized carbons (Fsp3) is 0.600. The van der Waals surface area contributed by atoms with Gasteiger partial charge in [-0.2, -0.15) is 0 Å². The van der Waals surface area contributed by atoms with Crippen LogP contribution in [0.3, 0.4) is 0 Å². The van der Waals surface area contributed by atoms with Crippen molar-refractivity contribution < 1.29 is 25.9 Å². The topological polar surface area (TPSA) is 145 Å². The summed E-state index contributed by atoms with van der Waals surface area (Å²) in [6.45, 7) is 5.67. The summed E-state index contributed by atoms with van der Waals surface area (Å²) >= 11 is 0. The van der Waals surface area contributed by atoms with Gasteiger partial charge in [-0.1, -0.05) is 254 Å². The zero-order valence-corrected chi connectivity index (χ0v) is 48.7. The molecule has 0 fully saturated rings. The number of para-hydroxylation sites is 2. The van der Waals surface area contributed by atoms with Crippen molar-refractivity contribution in [1.29, 1.82) is 0 Å². The summed E-state index contributed by atoms with van der Waals surface area (Å²) in [6, 6.07) is 29.9. The molecular formula is C60H90CaN4O6S2. The Morgan fingerprint density at radius 3 is 0.932 bits per heavy atom. The van der Waals surface area contributed by atoms with E-state index in [4.69, 9.17) is 0 Å². The summed E-state index contributed by atoms with van der Waals surface area (Å²) in [5, 5.41) is 6.97. The zero-order valence-electron chi connectivity index (χ0n) is 44.9. The van der Waals surface area contributed by atoms with Crippen molar-refractivity contribution in [2.45, 2.75) is 242 Å². The molecule has 0 spiro atoms. The Hall–Kier alpha value is -2.84. The Balaban J connectivity index is 0.000000312. The van der Waals surface area contributed by atoms with Crippen LogP contribution in [0.15, 0.2) is 107 Å². The van der Waals surface area contributed by atoms with Gasteiger partial charge >= 0.3 is 37.7 Å². The molecule has 2 heterocycles. The Kier molecular flexibility index (Phi) is 30.5. The van der Waals surface area contributed by atoms with Gasteiger partial charge in [0.2, 0.25) is 0 Å². The van der Waals surface area contributed by atoms with Crippen molar-refractivity contribution >= 4 is 80.7 Å². The molecule has 0 radical (unpaired) electrons. The third-order valence-corrected chi connectivity index (χ3v) is 16.3. The largest absolute Gasteiger partial charge is 2.00 e. The molecule has 0 aliphatic carbocycles. The number of hydrogen-bond acceptors (Lipinski definition) is 10. The molecule has 2 aliphatic rings. The number of rotatable bonds is 36. The van der Waals surface area contributed by atoms with Crippen LogP contribution < -0.4 is 20.4 Å². The van der Waals surface area contributed by atoms with Crippen molar-refractivity contribution in [3.8, 4) is 0 Å². The van der Waals surface area contributed by atoms with E-state index in [2.05, 4.69) is 34.3 Å². The van der Waals surface area contributed by atoms with Crippen LogP contribution in [0, 0.1) is 0 Å². The zero-order chi connectivity index (χ0) is 51.3. The summed E-state index contributed by atoms with van der Waals surface area (Å²) in [4.78, 5) is 3.87. The van der Waals surface area contributed by atoms with Gasteiger partial charge in [0.25, 0.3) is 0 Å². The first-order valence-corrected chi connectivity index (χ1v) is 31.1. The van der Waals surface area contributed by atoms with E-state index in [-0.39, 0.29) is 59.9 Å². The van der Waals surface area contributed by atoms with E-state index >= 15 is 0 Å². The van der Waals surface area contributed by atoms with Crippen LogP contribution in [0.1, 0.15) is 218 Å². The fourth-order valence-corrected chi connectivity index (χ4v) is 12.0. The van der Waals surface area contributed by atoms with E-state index in [1.54, 1.807) is 12.1 Å². The Bertz CT molecular complexity index is 2160. The average molecular weight is 1070 g/mol. The van der Waals surface area contributed by atoms with Gasteiger partial charge in [0, 0.05) is 13.1 Å². The second kappa shape index (κ2) is 35.5. The number of nitrogens with zero attached hydrogens (tertiary/aromatic N) is 2. The third-order valence-electron chi connectivity index (χ3n) is 14.6. The van der Waals surface area contributed by atoms with Gasteiger partial charge in [-0.05, 0) is 61.1 Å². The Labute approximate surface area is 473 Å². The van der Waals surface area contributed by atoms with Crippen LogP contribution in [0.2, 0.25) is 0 Å². The number of unbranched alkanes of at least 4 members (excludes halogenated alkanes) is 26. The van der Waals surface area contributed by atoms with Crippen LogP contribution in [-0.4, -0.2) is 76.0 Å². The second-order valence-electron chi connectivity index (χ2n) is 20.5. The molecule has 4 aromatic rings. The van der Waals surface area contributed by atoms with Crippen LogP contribution in [0.5, 0.6) is 0 Å². The molecule has 73 heavy (non-hydrogen) atoms. The van der Waals surface area contributed by atoms with Crippen LogP contribution in [-0.2, 0) is 33.3 Å². The van der Waals surface area contributed by atoms with Gasteiger partial charge in [-0.3, -0.25) is 0 Å². The van der Waals surface area contributed by atoms with Crippen LogP contribution in [0.25, 0.3) is 0 Å². The van der Waals surface area contributed by atoms with Gasteiger partial charge < -0.3 is 29.5 Å². The predicted molar refractivity (Wildman–Crippen MR) is 304 cm³/mol. The molecule has 0 saturated carbocycles. The maximum Gasteiger partial charge on any atom is 2.00 e. The molecule has 2 atom stereocenters. The average Bonchev–Trinajstić information content (AvgIpc) is 3.90. The Morgan fingerprint density at radius 1 is 0.384 bits per heavy atom. The molecule has 0 saturated heterocycles. The smallest absolute Gasteiger partial charge is 0.744 e. The van der Waals surface area contributed by atoms with E-state index in [1.165, 1.54) is 179 Å². The first kappa shape index (κ1) is 62.7. The van der Waals surface area contributed by atoms with E-state index in [0.717, 1.165) is 48.2 Å². The molecule has 2 N–H and O–H groups in total. The minimum absolute atomic E-state index is 0. The number of hydrogen-bond donors (Lipinski definition) is 2. The standard InChI is InChI=1S/2C30H46N2O3S.Ca/c2*1-2-3-4-5-6-7-8-9-10-11-12-13-14-18-24-29-31-27-22-19-23-28(36(33,34)35)30(27)32(29)25-26-20-16-15-17-21-26;/h2*15-17,19-23,29,31H,2-14,18,24-25H2,1H3,(H,33,34,35);/q;;+2/p-2. The second-order valence-corrected chi connectivity index (χ2v) is 23.2. The van der Waals surface area contributed by atoms with E-state index in [1.807, 2.05) is 72.8 Å².